The SMILES string of the molecule is O=CNCC1CS(=O)C1. The molecule has 0 unspecified atom stereocenters. The Morgan fingerprint density at radius 1 is 1.67 bits per heavy atom. The third-order valence-electron chi connectivity index (χ3n) is 1.33. The van der Waals surface area contributed by atoms with Crippen LogP contribution in [0.3, 0.4) is 0 Å². The quantitative estimate of drug-likeness (QED) is 0.526. The van der Waals surface area contributed by atoms with Gasteiger partial charge in [0.15, 0.2) is 0 Å². The fourth-order valence-corrected chi connectivity index (χ4v) is 2.00. The third kappa shape index (κ3) is 1.78. The van der Waals surface area contributed by atoms with E-state index >= 15 is 0 Å². The van der Waals surface area contributed by atoms with Crippen LogP contribution in [0.5, 0.6) is 0 Å². The van der Waals surface area contributed by atoms with Crippen molar-refractivity contribution in [2.75, 3.05) is 18.1 Å². The van der Waals surface area contributed by atoms with Crippen LogP contribution in [0.25, 0.3) is 0 Å². The predicted molar refractivity (Wildman–Crippen MR) is 35.4 cm³/mol. The molecule has 0 atom stereocenters. The normalized spacial score (nSPS) is 32.9. The first kappa shape index (κ1) is 6.74. The van der Waals surface area contributed by atoms with Gasteiger partial charge in [-0.25, -0.2) is 0 Å². The van der Waals surface area contributed by atoms with E-state index in [1.165, 1.54) is 0 Å². The van der Waals surface area contributed by atoms with Crippen molar-refractivity contribution in [3.63, 3.8) is 0 Å². The summed E-state index contributed by atoms with van der Waals surface area (Å²) in [4.78, 5) is 9.74. The summed E-state index contributed by atoms with van der Waals surface area (Å²) >= 11 is 0. The molecule has 1 saturated heterocycles. The van der Waals surface area contributed by atoms with E-state index in [-0.39, 0.29) is 0 Å². The monoisotopic (exact) mass is 147 g/mol. The summed E-state index contributed by atoms with van der Waals surface area (Å²) in [5.74, 6) is 2.00. The minimum atomic E-state index is -0.581. The van der Waals surface area contributed by atoms with E-state index < -0.39 is 10.8 Å². The molecule has 1 fully saturated rings. The molecule has 0 bridgehead atoms. The van der Waals surface area contributed by atoms with Gasteiger partial charge in [0.1, 0.15) is 0 Å². The van der Waals surface area contributed by atoms with Crippen LogP contribution < -0.4 is 5.32 Å². The Balaban J connectivity index is 2.03. The van der Waals surface area contributed by atoms with Crippen molar-refractivity contribution < 1.29 is 9.00 Å². The highest BCUT2D eigenvalue weighted by atomic mass is 32.2. The Morgan fingerprint density at radius 3 is 2.78 bits per heavy atom. The van der Waals surface area contributed by atoms with Gasteiger partial charge in [0.05, 0.1) is 0 Å². The predicted octanol–water partition coefficient (Wildman–Crippen LogP) is -0.889. The van der Waals surface area contributed by atoms with Gasteiger partial charge in [0, 0.05) is 28.9 Å². The molecule has 0 aromatic rings. The molecule has 3 nitrogen and oxygen atoms in total. The summed E-state index contributed by atoms with van der Waals surface area (Å²) < 4.78 is 10.5. The fourth-order valence-electron chi connectivity index (χ4n) is 0.810. The zero-order valence-corrected chi connectivity index (χ0v) is 5.82. The summed E-state index contributed by atoms with van der Waals surface area (Å²) in [6.07, 6.45) is 0.682. The second kappa shape index (κ2) is 2.96. The highest BCUT2D eigenvalue weighted by Gasteiger charge is 2.24. The third-order valence-corrected chi connectivity index (χ3v) is 3.02. The molecule has 1 aliphatic heterocycles. The number of carbonyl (C=O) groups excluding carboxylic acids is 1. The van der Waals surface area contributed by atoms with E-state index in [1.807, 2.05) is 0 Å². The Bertz CT molecular complexity index is 129. The van der Waals surface area contributed by atoms with Crippen molar-refractivity contribution in [2.24, 2.45) is 5.92 Å². The molecule has 52 valence electrons. The van der Waals surface area contributed by atoms with Crippen LogP contribution in [0.15, 0.2) is 0 Å². The maximum Gasteiger partial charge on any atom is 0.207 e. The summed E-state index contributed by atoms with van der Waals surface area (Å²) in [6, 6.07) is 0. The van der Waals surface area contributed by atoms with E-state index in [0.29, 0.717) is 18.9 Å². The molecule has 9 heavy (non-hydrogen) atoms. The van der Waals surface area contributed by atoms with Gasteiger partial charge in [-0.3, -0.25) is 9.00 Å². The minimum absolute atomic E-state index is 0.469. The molecule has 0 radical (unpaired) electrons. The molecule has 0 aromatic carbocycles. The van der Waals surface area contributed by atoms with Gasteiger partial charge < -0.3 is 5.32 Å². The molecular formula is C5H9NO2S. The Kier molecular flexibility index (Phi) is 2.22. The van der Waals surface area contributed by atoms with E-state index in [4.69, 9.17) is 0 Å². The van der Waals surface area contributed by atoms with Crippen molar-refractivity contribution in [3.8, 4) is 0 Å². The lowest BCUT2D eigenvalue weighted by Gasteiger charge is -2.23. The molecule has 1 aliphatic rings. The van der Waals surface area contributed by atoms with E-state index in [9.17, 15) is 9.00 Å². The van der Waals surface area contributed by atoms with Crippen LogP contribution in [0.2, 0.25) is 0 Å². The number of carbonyl (C=O) groups is 1. The van der Waals surface area contributed by atoms with Gasteiger partial charge in [-0.2, -0.15) is 0 Å². The maximum atomic E-state index is 10.5. The number of hydrogen-bond acceptors (Lipinski definition) is 2. The molecule has 1 heterocycles. The van der Waals surface area contributed by atoms with Gasteiger partial charge >= 0.3 is 0 Å². The number of hydrogen-bond donors (Lipinski definition) is 1. The van der Waals surface area contributed by atoms with Crippen molar-refractivity contribution in [1.82, 2.24) is 5.32 Å². The number of amides is 1. The van der Waals surface area contributed by atoms with Crippen LogP contribution in [0.4, 0.5) is 0 Å². The van der Waals surface area contributed by atoms with Gasteiger partial charge in [-0.15, -0.1) is 0 Å². The molecule has 1 rings (SSSR count). The van der Waals surface area contributed by atoms with Crippen molar-refractivity contribution in [3.05, 3.63) is 0 Å². The topological polar surface area (TPSA) is 46.2 Å². The zero-order valence-electron chi connectivity index (χ0n) is 5.00. The Labute approximate surface area is 56.3 Å². The van der Waals surface area contributed by atoms with Crippen LogP contribution in [0, 0.1) is 5.92 Å². The summed E-state index contributed by atoms with van der Waals surface area (Å²) in [5, 5.41) is 2.56. The summed E-state index contributed by atoms with van der Waals surface area (Å²) in [6.45, 7) is 0.690. The smallest absolute Gasteiger partial charge is 0.207 e. The zero-order chi connectivity index (χ0) is 6.69. The first-order chi connectivity index (χ1) is 4.33. The Morgan fingerprint density at radius 2 is 2.33 bits per heavy atom. The van der Waals surface area contributed by atoms with Gasteiger partial charge in [-0.05, 0) is 5.92 Å². The molecule has 0 spiro atoms. The standard InChI is InChI=1S/C5H9NO2S/c7-4-6-1-5-2-9(8)3-5/h4-5H,1-3H2,(H,6,7). The first-order valence-electron chi connectivity index (χ1n) is 2.85. The Hall–Kier alpha value is -0.380. The molecule has 0 saturated carbocycles. The maximum absolute atomic E-state index is 10.5. The van der Waals surface area contributed by atoms with Crippen molar-refractivity contribution in [2.45, 2.75) is 0 Å². The van der Waals surface area contributed by atoms with Gasteiger partial charge in [-0.1, -0.05) is 0 Å². The largest absolute Gasteiger partial charge is 0.358 e. The highest BCUT2D eigenvalue weighted by molar-refractivity contribution is 7.86. The van der Waals surface area contributed by atoms with Crippen LogP contribution in [0.1, 0.15) is 0 Å². The second-order valence-corrected chi connectivity index (χ2v) is 3.71. The first-order valence-corrected chi connectivity index (χ1v) is 4.33. The van der Waals surface area contributed by atoms with E-state index in [2.05, 4.69) is 5.32 Å². The van der Waals surface area contributed by atoms with E-state index in [0.717, 1.165) is 11.5 Å². The number of nitrogens with one attached hydrogen (secondary N) is 1. The van der Waals surface area contributed by atoms with Gasteiger partial charge in [0.25, 0.3) is 0 Å². The summed E-state index contributed by atoms with van der Waals surface area (Å²) in [7, 11) is -0.581. The van der Waals surface area contributed by atoms with Crippen LogP contribution in [-0.4, -0.2) is 28.7 Å². The molecular weight excluding hydrogens is 138 g/mol. The average molecular weight is 147 g/mol. The molecule has 0 aliphatic carbocycles. The van der Waals surface area contributed by atoms with E-state index in [1.54, 1.807) is 0 Å². The lowest BCUT2D eigenvalue weighted by Crippen LogP contribution is -2.38. The molecule has 1 N–H and O–H groups in total. The van der Waals surface area contributed by atoms with Gasteiger partial charge in [0.2, 0.25) is 6.41 Å². The molecule has 4 heteroatoms. The molecule has 1 amide bonds. The fraction of sp³-hybridized carbons (Fsp3) is 0.800. The summed E-state index contributed by atoms with van der Waals surface area (Å²) in [5.41, 5.74) is 0. The molecule has 0 aromatic heterocycles. The lowest BCUT2D eigenvalue weighted by molar-refractivity contribution is -0.109. The van der Waals surface area contributed by atoms with Crippen molar-refractivity contribution >= 4 is 17.2 Å². The highest BCUT2D eigenvalue weighted by Crippen LogP contribution is 2.11. The minimum Gasteiger partial charge on any atom is -0.358 e. The van der Waals surface area contributed by atoms with Crippen molar-refractivity contribution in [1.29, 1.82) is 0 Å². The lowest BCUT2D eigenvalue weighted by atomic mass is 10.2. The van der Waals surface area contributed by atoms with Crippen LogP contribution >= 0.6 is 0 Å². The number of rotatable bonds is 3. The second-order valence-electron chi connectivity index (χ2n) is 2.17. The average Bonchev–Trinajstić information content (AvgIpc) is 1.78. The van der Waals surface area contributed by atoms with Crippen LogP contribution in [-0.2, 0) is 15.6 Å².